The van der Waals surface area contributed by atoms with Gasteiger partial charge in [-0.05, 0) is 26.4 Å². The van der Waals surface area contributed by atoms with E-state index in [-0.39, 0.29) is 24.0 Å². The zero-order valence-corrected chi connectivity index (χ0v) is 16.3. The predicted octanol–water partition coefficient (Wildman–Crippen LogP) is 0.996. The number of hydrogen-bond acceptors (Lipinski definition) is 4. The third-order valence-corrected chi connectivity index (χ3v) is 5.03. The SMILES string of the molecule is CN1CCN(CCCCN=C(N)N2CCSCC2)CC1.I. The van der Waals surface area contributed by atoms with Gasteiger partial charge in [0.15, 0.2) is 5.96 Å². The average Bonchev–Trinajstić information content (AvgIpc) is 2.49. The van der Waals surface area contributed by atoms with E-state index in [9.17, 15) is 0 Å². The van der Waals surface area contributed by atoms with Crippen LogP contribution >= 0.6 is 35.7 Å². The molecule has 0 atom stereocenters. The van der Waals surface area contributed by atoms with Crippen LogP contribution in [0.15, 0.2) is 4.99 Å². The lowest BCUT2D eigenvalue weighted by Crippen LogP contribution is -2.44. The van der Waals surface area contributed by atoms with E-state index in [4.69, 9.17) is 5.73 Å². The maximum atomic E-state index is 6.04. The summed E-state index contributed by atoms with van der Waals surface area (Å²) in [7, 11) is 2.20. The van der Waals surface area contributed by atoms with Crippen LogP contribution < -0.4 is 5.73 Å². The van der Waals surface area contributed by atoms with E-state index in [1.807, 2.05) is 11.8 Å². The lowest BCUT2D eigenvalue weighted by atomic mass is 10.2. The number of nitrogens with two attached hydrogens (primary N) is 1. The third-order valence-electron chi connectivity index (χ3n) is 4.09. The summed E-state index contributed by atoms with van der Waals surface area (Å²) in [4.78, 5) is 11.7. The van der Waals surface area contributed by atoms with Crippen LogP contribution in [0, 0.1) is 0 Å². The summed E-state index contributed by atoms with van der Waals surface area (Å²) < 4.78 is 0. The fraction of sp³-hybridized carbons (Fsp3) is 0.929. The fourth-order valence-corrected chi connectivity index (χ4v) is 3.51. The normalized spacial score (nSPS) is 22.1. The summed E-state index contributed by atoms with van der Waals surface area (Å²) in [5, 5.41) is 0. The van der Waals surface area contributed by atoms with Gasteiger partial charge in [-0.2, -0.15) is 11.8 Å². The molecule has 21 heavy (non-hydrogen) atoms. The Balaban J connectivity index is 0.00000220. The first kappa shape index (κ1) is 19.3. The second-order valence-electron chi connectivity index (χ2n) is 5.69. The number of aliphatic imine (C=N–C) groups is 1. The van der Waals surface area contributed by atoms with Crippen LogP contribution in [0.4, 0.5) is 0 Å². The molecule has 2 aliphatic heterocycles. The van der Waals surface area contributed by atoms with Crippen molar-refractivity contribution in [3.8, 4) is 0 Å². The van der Waals surface area contributed by atoms with Crippen molar-refractivity contribution in [3.05, 3.63) is 0 Å². The zero-order chi connectivity index (χ0) is 14.2. The van der Waals surface area contributed by atoms with E-state index in [0.717, 1.165) is 32.0 Å². The molecule has 0 aromatic rings. The molecule has 0 bridgehead atoms. The van der Waals surface area contributed by atoms with Crippen molar-refractivity contribution in [2.75, 3.05) is 70.9 Å². The van der Waals surface area contributed by atoms with Gasteiger partial charge in [-0.25, -0.2) is 0 Å². The van der Waals surface area contributed by atoms with Gasteiger partial charge in [0.1, 0.15) is 0 Å². The summed E-state index contributed by atoms with van der Waals surface area (Å²) in [6.45, 7) is 9.05. The molecule has 5 nitrogen and oxygen atoms in total. The van der Waals surface area contributed by atoms with E-state index in [1.54, 1.807) is 0 Å². The first-order valence-corrected chi connectivity index (χ1v) is 8.94. The Hall–Kier alpha value is 0.270. The molecule has 7 heteroatoms. The van der Waals surface area contributed by atoms with Gasteiger partial charge in [0, 0.05) is 57.3 Å². The molecule has 2 aliphatic rings. The molecule has 2 rings (SSSR count). The van der Waals surface area contributed by atoms with Gasteiger partial charge in [0.05, 0.1) is 0 Å². The monoisotopic (exact) mass is 427 g/mol. The molecule has 2 fully saturated rings. The third kappa shape index (κ3) is 7.38. The minimum Gasteiger partial charge on any atom is -0.370 e. The molecular formula is C14H30IN5S. The molecule has 2 N–H and O–H groups in total. The number of thioether (sulfide) groups is 1. The second-order valence-corrected chi connectivity index (χ2v) is 6.92. The Morgan fingerprint density at radius 3 is 2.38 bits per heavy atom. The number of halogens is 1. The van der Waals surface area contributed by atoms with Crippen molar-refractivity contribution in [1.82, 2.24) is 14.7 Å². The Labute approximate surface area is 150 Å². The number of guanidine groups is 1. The summed E-state index contributed by atoms with van der Waals surface area (Å²) in [5.74, 6) is 3.11. The van der Waals surface area contributed by atoms with Crippen molar-refractivity contribution in [2.24, 2.45) is 10.7 Å². The fourth-order valence-electron chi connectivity index (χ4n) is 2.60. The highest BCUT2D eigenvalue weighted by Crippen LogP contribution is 2.08. The smallest absolute Gasteiger partial charge is 0.191 e. The number of rotatable bonds is 5. The maximum absolute atomic E-state index is 6.04. The highest BCUT2D eigenvalue weighted by atomic mass is 127. The zero-order valence-electron chi connectivity index (χ0n) is 13.2. The Morgan fingerprint density at radius 1 is 1.05 bits per heavy atom. The molecule has 0 saturated carbocycles. The lowest BCUT2D eigenvalue weighted by molar-refractivity contribution is 0.152. The molecule has 0 aromatic heterocycles. The van der Waals surface area contributed by atoms with Crippen LogP contribution in [0.3, 0.4) is 0 Å². The van der Waals surface area contributed by atoms with E-state index >= 15 is 0 Å². The van der Waals surface area contributed by atoms with E-state index < -0.39 is 0 Å². The highest BCUT2D eigenvalue weighted by Gasteiger charge is 2.13. The number of nitrogens with zero attached hydrogens (tertiary/aromatic N) is 4. The average molecular weight is 427 g/mol. The van der Waals surface area contributed by atoms with Crippen LogP contribution in [0.5, 0.6) is 0 Å². The van der Waals surface area contributed by atoms with Crippen molar-refractivity contribution in [2.45, 2.75) is 12.8 Å². The van der Waals surface area contributed by atoms with E-state index in [1.165, 1.54) is 50.7 Å². The van der Waals surface area contributed by atoms with Crippen LogP contribution in [-0.4, -0.2) is 91.6 Å². The first-order chi connectivity index (χ1) is 9.75. The Morgan fingerprint density at radius 2 is 1.71 bits per heavy atom. The second kappa shape index (κ2) is 10.9. The standard InChI is InChI=1S/C14H29N5S.HI/c1-17-6-8-18(9-7-17)5-3-2-4-16-14(15)19-10-12-20-13-11-19;/h2-13H2,1H3,(H2,15,16);1H. The molecule has 2 saturated heterocycles. The van der Waals surface area contributed by atoms with E-state index in [0.29, 0.717) is 0 Å². The molecular weight excluding hydrogens is 397 g/mol. The van der Waals surface area contributed by atoms with Gasteiger partial charge in [-0.15, -0.1) is 24.0 Å². The molecule has 0 aromatic carbocycles. The van der Waals surface area contributed by atoms with Gasteiger partial charge >= 0.3 is 0 Å². The number of likely N-dealkylation sites (N-methyl/N-ethyl adjacent to an activating group) is 1. The Kier molecular flexibility index (Phi) is 10.0. The minimum absolute atomic E-state index is 0. The van der Waals surface area contributed by atoms with Crippen molar-refractivity contribution < 1.29 is 0 Å². The topological polar surface area (TPSA) is 48.1 Å². The van der Waals surface area contributed by atoms with Crippen LogP contribution in [0.1, 0.15) is 12.8 Å². The maximum Gasteiger partial charge on any atom is 0.191 e. The van der Waals surface area contributed by atoms with Gasteiger partial charge in [-0.3, -0.25) is 4.99 Å². The van der Waals surface area contributed by atoms with Gasteiger partial charge in [0.2, 0.25) is 0 Å². The van der Waals surface area contributed by atoms with Crippen LogP contribution in [0.2, 0.25) is 0 Å². The molecule has 0 spiro atoms. The number of hydrogen-bond donors (Lipinski definition) is 1. The summed E-state index contributed by atoms with van der Waals surface area (Å²) in [6.07, 6.45) is 2.38. The molecule has 2 heterocycles. The number of piperazine rings is 1. The van der Waals surface area contributed by atoms with Crippen LogP contribution in [-0.2, 0) is 0 Å². The quantitative estimate of drug-likeness (QED) is 0.307. The van der Waals surface area contributed by atoms with Crippen molar-refractivity contribution in [3.63, 3.8) is 0 Å². The van der Waals surface area contributed by atoms with Crippen molar-refractivity contribution in [1.29, 1.82) is 0 Å². The highest BCUT2D eigenvalue weighted by molar-refractivity contribution is 14.0. The molecule has 124 valence electrons. The molecule has 0 amide bonds. The summed E-state index contributed by atoms with van der Waals surface area (Å²) in [5.41, 5.74) is 6.04. The number of unbranched alkanes of at least 4 members (excludes halogenated alkanes) is 1. The lowest BCUT2D eigenvalue weighted by Gasteiger charge is -2.32. The summed E-state index contributed by atoms with van der Waals surface area (Å²) in [6, 6.07) is 0. The largest absolute Gasteiger partial charge is 0.370 e. The minimum atomic E-state index is 0. The van der Waals surface area contributed by atoms with E-state index in [2.05, 4.69) is 26.7 Å². The van der Waals surface area contributed by atoms with Gasteiger partial charge in [-0.1, -0.05) is 0 Å². The summed E-state index contributed by atoms with van der Waals surface area (Å²) >= 11 is 2.00. The van der Waals surface area contributed by atoms with Crippen molar-refractivity contribution >= 4 is 41.7 Å². The first-order valence-electron chi connectivity index (χ1n) is 7.79. The van der Waals surface area contributed by atoms with Gasteiger partial charge in [0.25, 0.3) is 0 Å². The predicted molar refractivity (Wildman–Crippen MR) is 104 cm³/mol. The molecule has 0 unspecified atom stereocenters. The molecule has 0 aliphatic carbocycles. The molecule has 0 radical (unpaired) electrons. The Bertz CT molecular complexity index is 302. The van der Waals surface area contributed by atoms with Gasteiger partial charge < -0.3 is 20.4 Å². The van der Waals surface area contributed by atoms with Crippen LogP contribution in [0.25, 0.3) is 0 Å².